The summed E-state index contributed by atoms with van der Waals surface area (Å²) in [7, 11) is 0. The number of fused-ring (bicyclic) bond motifs is 2. The number of hydrogen-bond donors (Lipinski definition) is 4. The Labute approximate surface area is 169 Å². The van der Waals surface area contributed by atoms with Gasteiger partial charge < -0.3 is 20.3 Å². The van der Waals surface area contributed by atoms with Gasteiger partial charge in [0.2, 0.25) is 0 Å². The lowest BCUT2D eigenvalue weighted by Gasteiger charge is -2.23. The third-order valence-corrected chi connectivity index (χ3v) is 5.32. The van der Waals surface area contributed by atoms with E-state index in [1.54, 1.807) is 0 Å². The van der Waals surface area contributed by atoms with Gasteiger partial charge in [-0.25, -0.2) is 14.8 Å². The maximum atomic E-state index is 11.1. The van der Waals surface area contributed by atoms with Crippen molar-refractivity contribution in [1.29, 1.82) is 0 Å². The Bertz CT molecular complexity index is 1280. The SMILES string of the molecule is O=C(O)N1CC=C(c2cc3c(Nc4ccc5[nH]nc(Cl)c5c4)ncnc3[nH]2)CC1. The molecule has 3 aromatic heterocycles. The van der Waals surface area contributed by atoms with E-state index in [-0.39, 0.29) is 0 Å². The van der Waals surface area contributed by atoms with Gasteiger partial charge in [-0.2, -0.15) is 5.10 Å². The first-order valence-corrected chi connectivity index (χ1v) is 9.38. The minimum Gasteiger partial charge on any atom is -0.465 e. The molecule has 4 N–H and O–H groups in total. The molecule has 29 heavy (non-hydrogen) atoms. The molecule has 10 heteroatoms. The van der Waals surface area contributed by atoms with Gasteiger partial charge in [-0.05, 0) is 36.3 Å². The number of carboxylic acid groups (broad SMARTS) is 1. The monoisotopic (exact) mass is 409 g/mol. The van der Waals surface area contributed by atoms with Crippen LogP contribution in [0.3, 0.4) is 0 Å². The minimum absolute atomic E-state index is 0.377. The van der Waals surface area contributed by atoms with Crippen molar-refractivity contribution in [2.24, 2.45) is 0 Å². The van der Waals surface area contributed by atoms with E-state index in [0.29, 0.717) is 36.1 Å². The Balaban J connectivity index is 1.47. The Morgan fingerprint density at radius 3 is 2.93 bits per heavy atom. The van der Waals surface area contributed by atoms with Gasteiger partial charge in [0, 0.05) is 29.9 Å². The largest absolute Gasteiger partial charge is 0.465 e. The molecule has 4 aromatic rings. The smallest absolute Gasteiger partial charge is 0.407 e. The van der Waals surface area contributed by atoms with E-state index in [1.807, 2.05) is 30.3 Å². The number of anilines is 2. The quantitative estimate of drug-likeness (QED) is 0.405. The molecule has 9 nitrogen and oxygen atoms in total. The number of rotatable bonds is 3. The molecule has 146 valence electrons. The maximum Gasteiger partial charge on any atom is 0.407 e. The summed E-state index contributed by atoms with van der Waals surface area (Å²) in [5.41, 5.74) is 4.39. The second kappa shape index (κ2) is 6.78. The average molecular weight is 410 g/mol. The summed E-state index contributed by atoms with van der Waals surface area (Å²) in [5, 5.41) is 21.4. The third kappa shape index (κ3) is 3.15. The standard InChI is InChI=1S/C19H16ClN7O2/c20-16-12-7-11(1-2-14(12)25-26-16)23-17-13-8-15(24-18(13)22-9-21-17)10-3-5-27(6-4-10)19(28)29/h1-3,7-9H,4-6H2,(H,25,26)(H,28,29)(H2,21,22,23,24). The molecule has 1 aromatic carbocycles. The number of amides is 1. The van der Waals surface area contributed by atoms with Crippen LogP contribution >= 0.6 is 11.6 Å². The zero-order valence-electron chi connectivity index (χ0n) is 15.1. The number of benzene rings is 1. The van der Waals surface area contributed by atoms with E-state index in [0.717, 1.165) is 33.2 Å². The Hall–Kier alpha value is -3.59. The number of nitrogens with one attached hydrogen (secondary N) is 3. The number of hydrogen-bond acceptors (Lipinski definition) is 5. The lowest BCUT2D eigenvalue weighted by molar-refractivity contribution is 0.150. The predicted molar refractivity (Wildman–Crippen MR) is 110 cm³/mol. The minimum atomic E-state index is -0.899. The molecular formula is C19H16ClN7O2. The molecule has 0 unspecified atom stereocenters. The molecule has 4 heterocycles. The van der Waals surface area contributed by atoms with Crippen molar-refractivity contribution in [1.82, 2.24) is 30.0 Å². The highest BCUT2D eigenvalue weighted by Gasteiger charge is 2.19. The Morgan fingerprint density at radius 1 is 1.24 bits per heavy atom. The molecule has 1 aliphatic rings. The third-order valence-electron chi connectivity index (χ3n) is 5.03. The van der Waals surface area contributed by atoms with Crippen molar-refractivity contribution >= 4 is 56.7 Å². The number of H-pyrrole nitrogens is 2. The van der Waals surface area contributed by atoms with E-state index in [2.05, 4.69) is 30.5 Å². The van der Waals surface area contributed by atoms with Crippen molar-refractivity contribution in [3.05, 3.63) is 47.5 Å². The van der Waals surface area contributed by atoms with Crippen LogP contribution in [-0.2, 0) is 0 Å². The molecule has 0 bridgehead atoms. The van der Waals surface area contributed by atoms with Crippen LogP contribution in [0.25, 0.3) is 27.5 Å². The molecule has 1 amide bonds. The number of carbonyl (C=O) groups is 1. The lowest BCUT2D eigenvalue weighted by Crippen LogP contribution is -2.33. The molecule has 1 aliphatic heterocycles. The van der Waals surface area contributed by atoms with Crippen molar-refractivity contribution < 1.29 is 9.90 Å². The van der Waals surface area contributed by atoms with Gasteiger partial charge in [-0.15, -0.1) is 0 Å². The molecule has 0 fully saturated rings. The van der Waals surface area contributed by atoms with E-state index in [9.17, 15) is 4.79 Å². The fourth-order valence-electron chi connectivity index (χ4n) is 3.50. The fourth-order valence-corrected chi connectivity index (χ4v) is 3.70. The average Bonchev–Trinajstić information content (AvgIpc) is 3.33. The highest BCUT2D eigenvalue weighted by Crippen LogP contribution is 2.30. The van der Waals surface area contributed by atoms with E-state index < -0.39 is 6.09 Å². The Kier molecular flexibility index (Phi) is 4.09. The fraction of sp³-hybridized carbons (Fsp3) is 0.158. The van der Waals surface area contributed by atoms with Gasteiger partial charge in [0.25, 0.3) is 0 Å². The molecule has 0 radical (unpaired) electrons. The summed E-state index contributed by atoms with van der Waals surface area (Å²) in [4.78, 5) is 24.5. The van der Waals surface area contributed by atoms with Gasteiger partial charge in [-0.3, -0.25) is 5.10 Å². The van der Waals surface area contributed by atoms with Gasteiger partial charge in [-0.1, -0.05) is 17.7 Å². The van der Waals surface area contributed by atoms with Crippen molar-refractivity contribution in [3.63, 3.8) is 0 Å². The molecule has 0 saturated carbocycles. The number of halogens is 1. The van der Waals surface area contributed by atoms with Gasteiger partial charge in [0.05, 0.1) is 10.9 Å². The van der Waals surface area contributed by atoms with Gasteiger partial charge in [0.15, 0.2) is 5.15 Å². The molecular weight excluding hydrogens is 394 g/mol. The lowest BCUT2D eigenvalue weighted by atomic mass is 10.1. The van der Waals surface area contributed by atoms with E-state index in [4.69, 9.17) is 16.7 Å². The molecule has 0 saturated heterocycles. The van der Waals surface area contributed by atoms with Crippen molar-refractivity contribution in [3.8, 4) is 0 Å². The van der Waals surface area contributed by atoms with Gasteiger partial charge >= 0.3 is 6.09 Å². The maximum absolute atomic E-state index is 11.1. The zero-order chi connectivity index (χ0) is 20.0. The van der Waals surface area contributed by atoms with Crippen LogP contribution in [0.15, 0.2) is 36.7 Å². The molecule has 0 spiro atoms. The van der Waals surface area contributed by atoms with Crippen LogP contribution in [0.4, 0.5) is 16.3 Å². The first-order chi connectivity index (χ1) is 14.1. The Morgan fingerprint density at radius 2 is 2.14 bits per heavy atom. The molecule has 0 atom stereocenters. The summed E-state index contributed by atoms with van der Waals surface area (Å²) in [6.07, 6.45) is 3.17. The predicted octanol–water partition coefficient (Wildman–Crippen LogP) is 4.00. The molecule has 5 rings (SSSR count). The number of aromatic nitrogens is 5. The number of nitrogens with zero attached hydrogens (tertiary/aromatic N) is 4. The number of aromatic amines is 2. The normalized spacial score (nSPS) is 14.4. The van der Waals surface area contributed by atoms with Crippen LogP contribution in [-0.4, -0.2) is 54.3 Å². The highest BCUT2D eigenvalue weighted by atomic mass is 35.5. The second-order valence-electron chi connectivity index (χ2n) is 6.78. The van der Waals surface area contributed by atoms with Crippen LogP contribution in [0, 0.1) is 0 Å². The topological polar surface area (TPSA) is 123 Å². The zero-order valence-corrected chi connectivity index (χ0v) is 15.9. The summed E-state index contributed by atoms with van der Waals surface area (Å²) in [5.74, 6) is 0.667. The van der Waals surface area contributed by atoms with Crippen molar-refractivity contribution in [2.45, 2.75) is 6.42 Å². The first-order valence-electron chi connectivity index (χ1n) is 9.00. The summed E-state index contributed by atoms with van der Waals surface area (Å²) in [6, 6.07) is 7.72. The second-order valence-corrected chi connectivity index (χ2v) is 7.13. The van der Waals surface area contributed by atoms with Crippen LogP contribution < -0.4 is 5.32 Å². The summed E-state index contributed by atoms with van der Waals surface area (Å²) >= 11 is 6.11. The highest BCUT2D eigenvalue weighted by molar-refractivity contribution is 6.34. The summed E-state index contributed by atoms with van der Waals surface area (Å²) in [6.45, 7) is 0.848. The van der Waals surface area contributed by atoms with Crippen LogP contribution in [0.1, 0.15) is 12.1 Å². The van der Waals surface area contributed by atoms with Crippen LogP contribution in [0.2, 0.25) is 5.15 Å². The van der Waals surface area contributed by atoms with E-state index in [1.165, 1.54) is 11.2 Å². The summed E-state index contributed by atoms with van der Waals surface area (Å²) < 4.78 is 0. The van der Waals surface area contributed by atoms with Gasteiger partial charge in [0.1, 0.15) is 17.8 Å². The van der Waals surface area contributed by atoms with Crippen molar-refractivity contribution in [2.75, 3.05) is 18.4 Å². The van der Waals surface area contributed by atoms with E-state index >= 15 is 0 Å². The van der Waals surface area contributed by atoms with Crippen LogP contribution in [0.5, 0.6) is 0 Å². The molecule has 0 aliphatic carbocycles. The first kappa shape index (κ1) is 17.5.